The topological polar surface area (TPSA) is 66.4 Å². The van der Waals surface area contributed by atoms with Gasteiger partial charge in [-0.25, -0.2) is 0 Å². The van der Waals surface area contributed by atoms with Crippen LogP contribution >= 0.6 is 45.2 Å². The van der Waals surface area contributed by atoms with Crippen LogP contribution < -0.4 is 5.32 Å². The standard InChI is InChI=1S/C5H7I2NO3/c1-8-4(9)2(6)3(7)5(10)11/h2-3H,1H3,(H,8,9)(H,10,11). The minimum absolute atomic E-state index is 0.257. The number of aliphatic carboxylic acids is 1. The molecule has 0 aromatic rings. The summed E-state index contributed by atoms with van der Waals surface area (Å²) in [5.74, 6) is -1.22. The number of carboxylic acids is 1. The summed E-state index contributed by atoms with van der Waals surface area (Å²) in [5.41, 5.74) is 0. The lowest BCUT2D eigenvalue weighted by atomic mass is 10.3. The van der Waals surface area contributed by atoms with E-state index < -0.39 is 13.8 Å². The highest BCUT2D eigenvalue weighted by Gasteiger charge is 2.27. The van der Waals surface area contributed by atoms with Crippen LogP contribution in [-0.4, -0.2) is 31.9 Å². The predicted octanol–water partition coefficient (Wildman–Crippen LogP) is 0.424. The maximum atomic E-state index is 10.9. The molecule has 4 nitrogen and oxygen atoms in total. The number of carboxylic acid groups (broad SMARTS) is 1. The van der Waals surface area contributed by atoms with Crippen LogP contribution in [-0.2, 0) is 9.59 Å². The number of alkyl halides is 2. The fraction of sp³-hybridized carbons (Fsp3) is 0.600. The number of hydrogen-bond donors (Lipinski definition) is 2. The second kappa shape index (κ2) is 5.12. The molecule has 2 atom stereocenters. The van der Waals surface area contributed by atoms with Crippen LogP contribution in [0.4, 0.5) is 0 Å². The van der Waals surface area contributed by atoms with Gasteiger partial charge in [0.05, 0.1) is 0 Å². The lowest BCUT2D eigenvalue weighted by Crippen LogP contribution is -2.37. The molecule has 0 radical (unpaired) electrons. The molecule has 0 saturated heterocycles. The first-order valence-electron chi connectivity index (χ1n) is 2.73. The normalized spacial score (nSPS) is 15.2. The monoisotopic (exact) mass is 383 g/mol. The van der Waals surface area contributed by atoms with Crippen LogP contribution in [0.1, 0.15) is 0 Å². The Hall–Kier alpha value is 0.400. The van der Waals surface area contributed by atoms with E-state index >= 15 is 0 Å². The maximum Gasteiger partial charge on any atom is 0.318 e. The van der Waals surface area contributed by atoms with Gasteiger partial charge in [-0.3, -0.25) is 9.59 Å². The molecule has 1 amide bonds. The molecule has 0 heterocycles. The molecule has 0 aliphatic heterocycles. The third-order valence-electron chi connectivity index (χ3n) is 0.990. The van der Waals surface area contributed by atoms with Gasteiger partial charge in [0.1, 0.15) is 7.85 Å². The second-order valence-corrected chi connectivity index (χ2v) is 4.44. The second-order valence-electron chi connectivity index (χ2n) is 1.76. The predicted molar refractivity (Wildman–Crippen MR) is 57.3 cm³/mol. The number of nitrogens with one attached hydrogen (secondary N) is 1. The van der Waals surface area contributed by atoms with Gasteiger partial charge in [-0.05, 0) is 0 Å². The number of carbonyl (C=O) groups is 2. The van der Waals surface area contributed by atoms with Gasteiger partial charge >= 0.3 is 5.97 Å². The minimum atomic E-state index is -0.964. The molecule has 0 aromatic carbocycles. The van der Waals surface area contributed by atoms with E-state index in [1.165, 1.54) is 7.05 Å². The molecule has 2 unspecified atom stereocenters. The lowest BCUT2D eigenvalue weighted by molar-refractivity contribution is -0.137. The van der Waals surface area contributed by atoms with Gasteiger partial charge in [0, 0.05) is 7.05 Å². The Morgan fingerprint density at radius 3 is 2.09 bits per heavy atom. The summed E-state index contributed by atoms with van der Waals surface area (Å²) < 4.78 is -1.19. The van der Waals surface area contributed by atoms with Crippen molar-refractivity contribution in [2.24, 2.45) is 0 Å². The molecule has 64 valence electrons. The highest BCUT2D eigenvalue weighted by Crippen LogP contribution is 2.15. The van der Waals surface area contributed by atoms with Crippen LogP contribution in [0.2, 0.25) is 0 Å². The molecule has 2 N–H and O–H groups in total. The van der Waals surface area contributed by atoms with Crippen molar-refractivity contribution < 1.29 is 14.7 Å². The first kappa shape index (κ1) is 11.4. The van der Waals surface area contributed by atoms with E-state index in [0.29, 0.717) is 0 Å². The van der Waals surface area contributed by atoms with Crippen molar-refractivity contribution in [2.45, 2.75) is 7.85 Å². The molecule has 0 aliphatic carbocycles. The van der Waals surface area contributed by atoms with Gasteiger partial charge in [-0.1, -0.05) is 45.2 Å². The van der Waals surface area contributed by atoms with Crippen molar-refractivity contribution in [1.82, 2.24) is 5.32 Å². The number of halogens is 2. The summed E-state index contributed by atoms with van der Waals surface area (Å²) in [7, 11) is 1.49. The molecule has 0 spiro atoms. The molecule has 0 saturated carbocycles. The first-order valence-corrected chi connectivity index (χ1v) is 5.22. The smallest absolute Gasteiger partial charge is 0.318 e. The van der Waals surface area contributed by atoms with Gasteiger partial charge in [-0.2, -0.15) is 0 Å². The van der Waals surface area contributed by atoms with Crippen molar-refractivity contribution in [3.63, 3.8) is 0 Å². The van der Waals surface area contributed by atoms with Gasteiger partial charge in [0.25, 0.3) is 0 Å². The molecule has 0 aliphatic rings. The van der Waals surface area contributed by atoms with Crippen molar-refractivity contribution in [3.05, 3.63) is 0 Å². The van der Waals surface area contributed by atoms with Crippen LogP contribution in [0.25, 0.3) is 0 Å². The summed E-state index contributed by atoms with van der Waals surface area (Å²) in [6, 6.07) is 0. The molecular formula is C5H7I2NO3. The van der Waals surface area contributed by atoms with Crippen molar-refractivity contribution in [1.29, 1.82) is 0 Å². The Morgan fingerprint density at radius 1 is 1.36 bits per heavy atom. The fourth-order valence-electron chi connectivity index (χ4n) is 0.396. The van der Waals surface area contributed by atoms with Crippen LogP contribution in [0.3, 0.4) is 0 Å². The number of rotatable bonds is 3. The van der Waals surface area contributed by atoms with Gasteiger partial charge in [0.2, 0.25) is 5.91 Å². The van der Waals surface area contributed by atoms with Gasteiger partial charge in [0.15, 0.2) is 0 Å². The van der Waals surface area contributed by atoms with E-state index in [0.717, 1.165) is 0 Å². The summed E-state index contributed by atoms with van der Waals surface area (Å²) in [4.78, 5) is 21.2. The van der Waals surface area contributed by atoms with E-state index in [-0.39, 0.29) is 5.91 Å². The van der Waals surface area contributed by atoms with Crippen LogP contribution in [0.5, 0.6) is 0 Å². The van der Waals surface area contributed by atoms with Gasteiger partial charge < -0.3 is 10.4 Å². The third kappa shape index (κ3) is 3.54. The largest absolute Gasteiger partial charge is 0.480 e. The van der Waals surface area contributed by atoms with Gasteiger partial charge in [-0.15, -0.1) is 0 Å². The van der Waals surface area contributed by atoms with E-state index in [2.05, 4.69) is 5.32 Å². The SMILES string of the molecule is CNC(=O)C(I)C(I)C(=O)O. The summed E-state index contributed by atoms with van der Waals surface area (Å²) >= 11 is 3.54. The van der Waals surface area contributed by atoms with E-state index in [9.17, 15) is 9.59 Å². The molecule has 11 heavy (non-hydrogen) atoms. The highest BCUT2D eigenvalue weighted by molar-refractivity contribution is 14.1. The highest BCUT2D eigenvalue weighted by atomic mass is 127. The maximum absolute atomic E-state index is 10.9. The zero-order valence-electron chi connectivity index (χ0n) is 5.67. The third-order valence-corrected chi connectivity index (χ3v) is 4.90. The van der Waals surface area contributed by atoms with Crippen LogP contribution in [0, 0.1) is 0 Å². The van der Waals surface area contributed by atoms with E-state index in [1.807, 2.05) is 22.6 Å². The Labute approximate surface area is 91.4 Å². The number of amides is 1. The molecule has 0 aromatic heterocycles. The summed E-state index contributed by atoms with van der Waals surface area (Å²) in [6.45, 7) is 0. The quantitative estimate of drug-likeness (QED) is 0.549. The van der Waals surface area contributed by atoms with Crippen molar-refractivity contribution in [2.75, 3.05) is 7.05 Å². The summed E-state index contributed by atoms with van der Waals surface area (Å²) in [6.07, 6.45) is 0. The Morgan fingerprint density at radius 2 is 1.82 bits per heavy atom. The number of hydrogen-bond acceptors (Lipinski definition) is 2. The Balaban J connectivity index is 4.12. The fourth-order valence-corrected chi connectivity index (χ4v) is 1.34. The molecule has 0 bridgehead atoms. The van der Waals surface area contributed by atoms with E-state index in [4.69, 9.17) is 5.11 Å². The van der Waals surface area contributed by atoms with E-state index in [1.54, 1.807) is 22.6 Å². The zero-order chi connectivity index (χ0) is 9.02. The molecule has 0 rings (SSSR count). The zero-order valence-corrected chi connectivity index (χ0v) is 9.99. The average Bonchev–Trinajstić information content (AvgIpc) is 2.00. The van der Waals surface area contributed by atoms with Crippen molar-refractivity contribution in [3.8, 4) is 0 Å². The minimum Gasteiger partial charge on any atom is -0.480 e. The summed E-state index contributed by atoms with van der Waals surface area (Å²) in [5, 5.41) is 10.9. The molecule has 6 heteroatoms. The molecule has 0 fully saturated rings. The van der Waals surface area contributed by atoms with Crippen molar-refractivity contribution >= 4 is 57.1 Å². The molecular weight excluding hydrogens is 376 g/mol. The van der Waals surface area contributed by atoms with Crippen LogP contribution in [0.15, 0.2) is 0 Å². The lowest BCUT2D eigenvalue weighted by Gasteiger charge is -2.10. The first-order chi connectivity index (χ1) is 5.00. The Kier molecular flexibility index (Phi) is 5.30. The number of carbonyl (C=O) groups excluding carboxylic acids is 1. The Bertz CT molecular complexity index is 173. The average molecular weight is 383 g/mol.